The van der Waals surface area contributed by atoms with E-state index in [2.05, 4.69) is 10.2 Å². The van der Waals surface area contributed by atoms with Crippen molar-refractivity contribution >= 4 is 17.5 Å². The van der Waals surface area contributed by atoms with Crippen LogP contribution in [0.25, 0.3) is 5.69 Å². The van der Waals surface area contributed by atoms with Crippen molar-refractivity contribution in [3.05, 3.63) is 88.8 Å². The Bertz CT molecular complexity index is 1270. The highest BCUT2D eigenvalue weighted by Gasteiger charge is 2.18. The Balaban J connectivity index is 1.39. The summed E-state index contributed by atoms with van der Waals surface area (Å²) in [5, 5.41) is 8.26. The summed E-state index contributed by atoms with van der Waals surface area (Å²) in [7, 11) is 0. The van der Waals surface area contributed by atoms with E-state index in [1.807, 2.05) is 61.7 Å². The van der Waals surface area contributed by atoms with Gasteiger partial charge in [0.2, 0.25) is 0 Å². The van der Waals surface area contributed by atoms with Gasteiger partial charge >= 0.3 is 0 Å². The van der Waals surface area contributed by atoms with Crippen molar-refractivity contribution in [2.45, 2.75) is 32.6 Å². The Morgan fingerprint density at radius 2 is 1.91 bits per heavy atom. The summed E-state index contributed by atoms with van der Waals surface area (Å²) in [6.07, 6.45) is 0. The summed E-state index contributed by atoms with van der Waals surface area (Å²) in [5.41, 5.74) is 3.98. The molecule has 2 aromatic carbocycles. The van der Waals surface area contributed by atoms with E-state index < -0.39 is 0 Å². The molecule has 0 saturated heterocycles. The molecule has 8 heteroatoms. The van der Waals surface area contributed by atoms with Gasteiger partial charge in [-0.3, -0.25) is 4.79 Å². The van der Waals surface area contributed by atoms with E-state index in [4.69, 9.17) is 9.15 Å². The van der Waals surface area contributed by atoms with Crippen LogP contribution in [0.5, 0.6) is 5.75 Å². The maximum absolute atomic E-state index is 13.6. The van der Waals surface area contributed by atoms with E-state index in [-0.39, 0.29) is 24.0 Å². The predicted molar refractivity (Wildman–Crippen MR) is 120 cm³/mol. The average Bonchev–Trinajstić information content (AvgIpc) is 3.34. The number of nitrogens with zero attached hydrogens (tertiary/aromatic N) is 3. The molecule has 2 heterocycles. The second kappa shape index (κ2) is 9.40. The Kier molecular flexibility index (Phi) is 6.41. The third-order valence-corrected chi connectivity index (χ3v) is 5.74. The molecule has 0 atom stereocenters. The van der Waals surface area contributed by atoms with Crippen molar-refractivity contribution in [1.29, 1.82) is 0 Å². The third kappa shape index (κ3) is 4.91. The quantitative estimate of drug-likeness (QED) is 0.261. The second-order valence-electron chi connectivity index (χ2n) is 7.38. The second-order valence-corrected chi connectivity index (χ2v) is 8.31. The zero-order valence-electron chi connectivity index (χ0n) is 18.0. The van der Waals surface area contributed by atoms with Crippen LogP contribution in [0.3, 0.4) is 0 Å². The number of aryl methyl sites for hydroxylation is 2. The minimum Gasteiger partial charge on any atom is -0.484 e. The van der Waals surface area contributed by atoms with Gasteiger partial charge in [-0.2, -0.15) is 0 Å². The summed E-state index contributed by atoms with van der Waals surface area (Å²) >= 11 is 1.18. The zero-order valence-corrected chi connectivity index (χ0v) is 18.8. The normalized spacial score (nSPS) is 11.0. The smallest absolute Gasteiger partial charge is 0.277 e. The fourth-order valence-corrected chi connectivity index (χ4v) is 4.13. The van der Waals surface area contributed by atoms with E-state index in [1.165, 1.54) is 23.9 Å². The molecule has 6 nitrogen and oxygen atoms in total. The summed E-state index contributed by atoms with van der Waals surface area (Å²) < 4.78 is 26.8. The number of carbonyl (C=O) groups excluding carboxylic acids is 1. The fraction of sp³-hybridized carbons (Fsp3) is 0.208. The first-order valence-electron chi connectivity index (χ1n) is 10.0. The molecule has 0 bridgehead atoms. The Morgan fingerprint density at radius 1 is 1.09 bits per heavy atom. The lowest BCUT2D eigenvalue weighted by molar-refractivity contribution is 0.102. The molecule has 0 spiro atoms. The van der Waals surface area contributed by atoms with Gasteiger partial charge in [0, 0.05) is 22.6 Å². The van der Waals surface area contributed by atoms with Crippen LogP contribution < -0.4 is 4.74 Å². The monoisotopic (exact) mass is 451 g/mol. The van der Waals surface area contributed by atoms with Gasteiger partial charge in [0.15, 0.2) is 12.4 Å². The van der Waals surface area contributed by atoms with Crippen LogP contribution in [-0.4, -0.2) is 26.3 Å². The predicted octanol–water partition coefficient (Wildman–Crippen LogP) is 5.48. The number of ether oxygens (including phenoxy) is 1. The molecule has 2 aromatic heterocycles. The fourth-order valence-electron chi connectivity index (χ4n) is 3.47. The zero-order chi connectivity index (χ0) is 22.7. The Hall–Kier alpha value is -3.39. The Labute approximate surface area is 189 Å². The van der Waals surface area contributed by atoms with E-state index in [0.29, 0.717) is 22.4 Å². The van der Waals surface area contributed by atoms with Gasteiger partial charge in [0.05, 0.1) is 5.75 Å². The molecule has 4 rings (SSSR count). The summed E-state index contributed by atoms with van der Waals surface area (Å²) in [6.45, 7) is 5.88. The number of hydrogen-bond acceptors (Lipinski definition) is 6. The highest BCUT2D eigenvalue weighted by Crippen LogP contribution is 2.25. The third-order valence-electron chi connectivity index (χ3n) is 4.92. The molecule has 0 fully saturated rings. The largest absolute Gasteiger partial charge is 0.484 e. The Morgan fingerprint density at radius 3 is 2.69 bits per heavy atom. The molecule has 0 saturated carbocycles. The molecule has 164 valence electrons. The first kappa shape index (κ1) is 21.8. The number of ketones is 1. The minimum absolute atomic E-state index is 0.0680. The molecule has 0 aliphatic heterocycles. The lowest BCUT2D eigenvalue weighted by atomic mass is 10.2. The molecule has 0 N–H and O–H groups in total. The molecule has 0 aliphatic carbocycles. The standard InChI is InChI=1S/C24H22FN3O3S/c1-15-6-4-9-20(10-15)30-13-23-26-27-24(31-23)32-14-22(29)21-11-16(2)28(17(21)3)19-8-5-7-18(25)12-19/h4-12H,13-14H2,1-3H3. The van der Waals surface area contributed by atoms with Gasteiger partial charge in [-0.25, -0.2) is 4.39 Å². The van der Waals surface area contributed by atoms with Crippen molar-refractivity contribution in [2.24, 2.45) is 0 Å². The highest BCUT2D eigenvalue weighted by molar-refractivity contribution is 7.99. The number of hydrogen-bond donors (Lipinski definition) is 0. The molecule has 0 amide bonds. The van der Waals surface area contributed by atoms with Crippen LogP contribution in [0, 0.1) is 26.6 Å². The van der Waals surface area contributed by atoms with E-state index >= 15 is 0 Å². The van der Waals surface area contributed by atoms with E-state index in [1.54, 1.807) is 6.07 Å². The lowest BCUT2D eigenvalue weighted by Crippen LogP contribution is -2.05. The molecule has 0 aliphatic rings. The van der Waals surface area contributed by atoms with Gasteiger partial charge in [-0.15, -0.1) is 10.2 Å². The van der Waals surface area contributed by atoms with Crippen LogP contribution in [0.1, 0.15) is 33.2 Å². The highest BCUT2D eigenvalue weighted by atomic mass is 32.2. The van der Waals surface area contributed by atoms with Crippen LogP contribution in [0.15, 0.2) is 64.2 Å². The summed E-state index contributed by atoms with van der Waals surface area (Å²) in [4.78, 5) is 12.8. The minimum atomic E-state index is -0.322. The van der Waals surface area contributed by atoms with E-state index in [0.717, 1.165) is 22.7 Å². The van der Waals surface area contributed by atoms with Crippen molar-refractivity contribution in [1.82, 2.24) is 14.8 Å². The van der Waals surface area contributed by atoms with Gasteiger partial charge in [0.1, 0.15) is 11.6 Å². The van der Waals surface area contributed by atoms with Gasteiger partial charge in [-0.05, 0) is 62.7 Å². The van der Waals surface area contributed by atoms with Crippen LogP contribution in [0.4, 0.5) is 4.39 Å². The van der Waals surface area contributed by atoms with Crippen molar-refractivity contribution in [3.63, 3.8) is 0 Å². The van der Waals surface area contributed by atoms with Crippen LogP contribution in [0.2, 0.25) is 0 Å². The summed E-state index contributed by atoms with van der Waals surface area (Å²) in [5.74, 6) is 0.818. The van der Waals surface area contributed by atoms with Crippen molar-refractivity contribution in [3.8, 4) is 11.4 Å². The first-order valence-corrected chi connectivity index (χ1v) is 11.0. The maximum Gasteiger partial charge on any atom is 0.277 e. The maximum atomic E-state index is 13.6. The van der Waals surface area contributed by atoms with Gasteiger partial charge < -0.3 is 13.7 Å². The van der Waals surface area contributed by atoms with Crippen molar-refractivity contribution < 1.29 is 18.3 Å². The number of thioether (sulfide) groups is 1. The van der Waals surface area contributed by atoms with Crippen molar-refractivity contribution in [2.75, 3.05) is 5.75 Å². The molecule has 0 unspecified atom stereocenters. The van der Waals surface area contributed by atoms with Crippen LogP contribution in [-0.2, 0) is 6.61 Å². The molecule has 0 radical (unpaired) electrons. The SMILES string of the molecule is Cc1cccc(OCc2nnc(SCC(=O)c3cc(C)n(-c4cccc(F)c4)c3C)o2)c1. The average molecular weight is 452 g/mol. The molecule has 4 aromatic rings. The van der Waals surface area contributed by atoms with Gasteiger partial charge in [0.25, 0.3) is 11.1 Å². The number of halogens is 1. The number of Topliss-reactive ketones (excluding diaryl/α,β-unsaturated/α-hetero) is 1. The number of carbonyl (C=O) groups is 1. The number of rotatable bonds is 8. The lowest BCUT2D eigenvalue weighted by Gasteiger charge is -2.09. The molecular weight excluding hydrogens is 429 g/mol. The molecular formula is C24H22FN3O3S. The van der Waals surface area contributed by atoms with E-state index in [9.17, 15) is 9.18 Å². The number of benzene rings is 2. The summed E-state index contributed by atoms with van der Waals surface area (Å²) in [6, 6.07) is 15.8. The van der Waals surface area contributed by atoms with Crippen LogP contribution >= 0.6 is 11.8 Å². The number of aromatic nitrogens is 3. The topological polar surface area (TPSA) is 70.2 Å². The first-order chi connectivity index (χ1) is 15.4. The van der Waals surface area contributed by atoms with Gasteiger partial charge in [-0.1, -0.05) is 30.0 Å². The molecule has 32 heavy (non-hydrogen) atoms.